The minimum atomic E-state index is -0.458. The summed E-state index contributed by atoms with van der Waals surface area (Å²) in [4.78, 5) is 11.5. The van der Waals surface area contributed by atoms with Crippen molar-refractivity contribution in [1.29, 1.82) is 0 Å². The van der Waals surface area contributed by atoms with Crippen molar-refractivity contribution in [3.63, 3.8) is 0 Å². The highest BCUT2D eigenvalue weighted by Gasteiger charge is 2.15. The lowest BCUT2D eigenvalue weighted by molar-refractivity contribution is -0.156. The molecule has 28 heavy (non-hydrogen) atoms. The van der Waals surface area contributed by atoms with Gasteiger partial charge in [-0.1, -0.05) is 0 Å². The van der Waals surface area contributed by atoms with Gasteiger partial charge in [-0.25, -0.2) is 0 Å². The zero-order valence-electron chi connectivity index (χ0n) is 17.6. The van der Waals surface area contributed by atoms with E-state index in [0.29, 0.717) is 79.3 Å². The summed E-state index contributed by atoms with van der Waals surface area (Å²) in [6.45, 7) is 11.6. The standard InChI is InChI=1S/C19H38O8S/c1-19(2,3)27-18(20)4-5-21-6-7-22-8-9-23-10-11-24-12-13-25-14-15-26-16-17-28/h28H,4-17H2,1-3H3. The molecule has 0 bridgehead atoms. The Morgan fingerprint density at radius 3 is 1.25 bits per heavy atom. The number of carbonyl (C=O) groups excluding carboxylic acids is 1. The summed E-state index contributed by atoms with van der Waals surface area (Å²) < 4.78 is 37.2. The summed E-state index contributed by atoms with van der Waals surface area (Å²) in [5.41, 5.74) is -0.458. The quantitative estimate of drug-likeness (QED) is 0.179. The number of thiol groups is 1. The van der Waals surface area contributed by atoms with Crippen LogP contribution in [0, 0.1) is 0 Å². The third-order valence-corrected chi connectivity index (χ3v) is 3.15. The van der Waals surface area contributed by atoms with E-state index in [1.54, 1.807) is 0 Å². The Morgan fingerprint density at radius 1 is 0.607 bits per heavy atom. The van der Waals surface area contributed by atoms with Crippen LogP contribution in [0.1, 0.15) is 27.2 Å². The number of ether oxygens (including phenoxy) is 7. The van der Waals surface area contributed by atoms with Gasteiger partial charge in [-0.05, 0) is 20.8 Å². The minimum Gasteiger partial charge on any atom is -0.460 e. The number of hydrogen-bond acceptors (Lipinski definition) is 9. The molecule has 0 spiro atoms. The second-order valence-corrected chi connectivity index (χ2v) is 7.18. The molecule has 0 aromatic rings. The van der Waals surface area contributed by atoms with Gasteiger partial charge in [0.25, 0.3) is 0 Å². The summed E-state index contributed by atoms with van der Waals surface area (Å²) in [5.74, 6) is 0.464. The lowest BCUT2D eigenvalue weighted by Crippen LogP contribution is -2.24. The first-order chi connectivity index (χ1) is 13.5. The van der Waals surface area contributed by atoms with Crippen LogP contribution in [0.4, 0.5) is 0 Å². The fraction of sp³-hybridized carbons (Fsp3) is 0.947. The Morgan fingerprint density at radius 2 is 0.929 bits per heavy atom. The molecular formula is C19H38O8S. The molecule has 0 saturated carbocycles. The van der Waals surface area contributed by atoms with Crippen molar-refractivity contribution >= 4 is 18.6 Å². The molecule has 0 unspecified atom stereocenters. The van der Waals surface area contributed by atoms with Crippen LogP contribution in [-0.2, 0) is 38.0 Å². The van der Waals surface area contributed by atoms with E-state index in [4.69, 9.17) is 33.2 Å². The van der Waals surface area contributed by atoms with Crippen molar-refractivity contribution in [2.75, 3.05) is 85.0 Å². The molecule has 0 radical (unpaired) electrons. The number of rotatable bonds is 20. The molecule has 0 aliphatic carbocycles. The van der Waals surface area contributed by atoms with Gasteiger partial charge in [0.1, 0.15) is 5.60 Å². The van der Waals surface area contributed by atoms with E-state index in [-0.39, 0.29) is 12.4 Å². The summed E-state index contributed by atoms with van der Waals surface area (Å²) in [7, 11) is 0. The minimum absolute atomic E-state index is 0.245. The van der Waals surface area contributed by atoms with Gasteiger partial charge in [0, 0.05) is 5.75 Å². The summed E-state index contributed by atoms with van der Waals surface area (Å²) in [6, 6.07) is 0. The molecule has 0 atom stereocenters. The first-order valence-corrected chi connectivity index (χ1v) is 10.4. The summed E-state index contributed by atoms with van der Waals surface area (Å²) >= 11 is 4.05. The van der Waals surface area contributed by atoms with E-state index in [0.717, 1.165) is 5.75 Å². The topological polar surface area (TPSA) is 81.7 Å². The van der Waals surface area contributed by atoms with E-state index in [1.807, 2.05) is 20.8 Å². The van der Waals surface area contributed by atoms with Gasteiger partial charge in [0.15, 0.2) is 0 Å². The third-order valence-electron chi connectivity index (χ3n) is 2.97. The Hall–Kier alpha value is -0.420. The monoisotopic (exact) mass is 426 g/mol. The molecule has 0 fully saturated rings. The van der Waals surface area contributed by atoms with Crippen LogP contribution in [0.25, 0.3) is 0 Å². The molecule has 0 saturated heterocycles. The lowest BCUT2D eigenvalue weighted by Gasteiger charge is -2.19. The van der Waals surface area contributed by atoms with Crippen LogP contribution >= 0.6 is 12.6 Å². The van der Waals surface area contributed by atoms with Crippen LogP contribution in [0.2, 0.25) is 0 Å². The number of carbonyl (C=O) groups is 1. The van der Waals surface area contributed by atoms with Crippen molar-refractivity contribution in [2.45, 2.75) is 32.8 Å². The van der Waals surface area contributed by atoms with Crippen LogP contribution in [0.5, 0.6) is 0 Å². The second kappa shape index (κ2) is 19.9. The molecule has 0 aromatic heterocycles. The zero-order valence-corrected chi connectivity index (χ0v) is 18.5. The normalized spacial score (nSPS) is 11.7. The summed E-state index contributed by atoms with van der Waals surface area (Å²) in [6.07, 6.45) is 0.245. The maximum absolute atomic E-state index is 11.5. The molecule has 168 valence electrons. The van der Waals surface area contributed by atoms with E-state index < -0.39 is 5.60 Å². The Labute approximate surface area is 174 Å². The first-order valence-electron chi connectivity index (χ1n) is 9.75. The van der Waals surface area contributed by atoms with Gasteiger partial charge in [0.05, 0.1) is 85.7 Å². The maximum Gasteiger partial charge on any atom is 0.308 e. The molecule has 0 aliphatic heterocycles. The molecule has 0 rings (SSSR count). The Balaban J connectivity index is 3.11. The van der Waals surface area contributed by atoms with Crippen molar-refractivity contribution < 1.29 is 38.0 Å². The smallest absolute Gasteiger partial charge is 0.308 e. The predicted molar refractivity (Wildman–Crippen MR) is 109 cm³/mol. The zero-order chi connectivity index (χ0) is 20.9. The highest BCUT2D eigenvalue weighted by molar-refractivity contribution is 7.80. The first kappa shape index (κ1) is 27.6. The van der Waals surface area contributed by atoms with E-state index in [2.05, 4.69) is 12.6 Å². The van der Waals surface area contributed by atoms with Gasteiger partial charge in [-0.2, -0.15) is 12.6 Å². The highest BCUT2D eigenvalue weighted by Crippen LogP contribution is 2.07. The highest BCUT2D eigenvalue weighted by atomic mass is 32.1. The SMILES string of the molecule is CC(C)(C)OC(=O)CCOCCOCCOCCOCCOCCOCCS. The third kappa shape index (κ3) is 23.6. The largest absolute Gasteiger partial charge is 0.460 e. The van der Waals surface area contributed by atoms with E-state index >= 15 is 0 Å². The van der Waals surface area contributed by atoms with Gasteiger partial charge < -0.3 is 33.2 Å². The van der Waals surface area contributed by atoms with Crippen LogP contribution in [0.3, 0.4) is 0 Å². The van der Waals surface area contributed by atoms with Crippen molar-refractivity contribution in [3.05, 3.63) is 0 Å². The van der Waals surface area contributed by atoms with Crippen molar-refractivity contribution in [2.24, 2.45) is 0 Å². The predicted octanol–water partition coefficient (Wildman–Crippen LogP) is 1.75. The fourth-order valence-corrected chi connectivity index (χ4v) is 1.94. The van der Waals surface area contributed by atoms with Gasteiger partial charge >= 0.3 is 5.97 Å². The summed E-state index contributed by atoms with van der Waals surface area (Å²) in [5, 5.41) is 0. The lowest BCUT2D eigenvalue weighted by atomic mass is 10.2. The van der Waals surface area contributed by atoms with E-state index in [9.17, 15) is 4.79 Å². The van der Waals surface area contributed by atoms with Crippen molar-refractivity contribution in [3.8, 4) is 0 Å². The molecule has 0 aromatic carbocycles. The average Bonchev–Trinajstić information content (AvgIpc) is 2.62. The van der Waals surface area contributed by atoms with Gasteiger partial charge in [-0.15, -0.1) is 0 Å². The molecular weight excluding hydrogens is 388 g/mol. The fourth-order valence-electron chi connectivity index (χ4n) is 1.81. The van der Waals surface area contributed by atoms with Crippen LogP contribution in [-0.4, -0.2) is 96.6 Å². The molecule has 0 N–H and O–H groups in total. The molecule has 0 amide bonds. The van der Waals surface area contributed by atoms with Crippen LogP contribution in [0.15, 0.2) is 0 Å². The molecule has 0 heterocycles. The van der Waals surface area contributed by atoms with E-state index in [1.165, 1.54) is 0 Å². The van der Waals surface area contributed by atoms with Gasteiger partial charge in [-0.3, -0.25) is 4.79 Å². The Kier molecular flexibility index (Phi) is 19.6. The average molecular weight is 427 g/mol. The maximum atomic E-state index is 11.5. The number of hydrogen-bond donors (Lipinski definition) is 1. The molecule has 9 heteroatoms. The molecule has 0 aliphatic rings. The van der Waals surface area contributed by atoms with Crippen LogP contribution < -0.4 is 0 Å². The van der Waals surface area contributed by atoms with Crippen molar-refractivity contribution in [1.82, 2.24) is 0 Å². The second-order valence-electron chi connectivity index (χ2n) is 6.73. The Bertz CT molecular complexity index is 349. The van der Waals surface area contributed by atoms with Gasteiger partial charge in [0.2, 0.25) is 0 Å². The number of esters is 1. The molecule has 8 nitrogen and oxygen atoms in total.